The molecule has 2 aromatic carbocycles. The third-order valence-corrected chi connectivity index (χ3v) is 5.35. The molecule has 0 aromatic heterocycles. The highest BCUT2D eigenvalue weighted by atomic mass is 14.2. The minimum Gasteiger partial charge on any atom is -0.0613 e. The normalized spacial score (nSPS) is 12.9. The van der Waals surface area contributed by atoms with Gasteiger partial charge in [-0.1, -0.05) is 84.9 Å². The van der Waals surface area contributed by atoms with Crippen molar-refractivity contribution in [3.8, 4) is 0 Å². The molecule has 0 saturated heterocycles. The first kappa shape index (κ1) is 18.8. The Morgan fingerprint density at radius 3 is 1.71 bits per heavy atom. The molecule has 0 N–H and O–H groups in total. The van der Waals surface area contributed by atoms with Gasteiger partial charge in [0.2, 0.25) is 0 Å². The first-order chi connectivity index (χ1) is 11.4. The van der Waals surface area contributed by atoms with E-state index in [1.165, 1.54) is 33.4 Å². The predicted molar refractivity (Wildman–Crippen MR) is 107 cm³/mol. The quantitative estimate of drug-likeness (QED) is 0.527. The first-order valence-corrected chi connectivity index (χ1v) is 9.64. The average Bonchev–Trinajstić information content (AvgIpc) is 2.59. The van der Waals surface area contributed by atoms with E-state index in [1.54, 1.807) is 0 Å². The molecule has 2 aromatic rings. The summed E-state index contributed by atoms with van der Waals surface area (Å²) in [5, 5.41) is 0. The molecule has 0 heterocycles. The second-order valence-electron chi connectivity index (χ2n) is 7.65. The fraction of sp³-hybridized carbons (Fsp3) is 0.500. The lowest BCUT2D eigenvalue weighted by Crippen LogP contribution is -2.04. The van der Waals surface area contributed by atoms with E-state index in [2.05, 4.69) is 84.9 Å². The third-order valence-electron chi connectivity index (χ3n) is 5.35. The van der Waals surface area contributed by atoms with E-state index in [0.29, 0.717) is 17.8 Å². The van der Waals surface area contributed by atoms with E-state index in [4.69, 9.17) is 0 Å². The van der Waals surface area contributed by atoms with Crippen LogP contribution >= 0.6 is 0 Å². The number of hydrogen-bond donors (Lipinski definition) is 0. The van der Waals surface area contributed by atoms with Crippen LogP contribution in [0.3, 0.4) is 0 Å². The van der Waals surface area contributed by atoms with Gasteiger partial charge in [0.15, 0.2) is 0 Å². The zero-order chi connectivity index (χ0) is 17.9. The molecule has 0 bridgehead atoms. The lowest BCUT2D eigenvalue weighted by Gasteiger charge is -2.21. The smallest absolute Gasteiger partial charge is 0.00612 e. The highest BCUT2D eigenvalue weighted by Gasteiger charge is 2.15. The van der Waals surface area contributed by atoms with E-state index >= 15 is 0 Å². The number of aryl methyl sites for hydroxylation is 2. The monoisotopic (exact) mass is 322 g/mol. The van der Waals surface area contributed by atoms with Crippen molar-refractivity contribution in [1.29, 1.82) is 0 Å². The predicted octanol–water partition coefficient (Wildman–Crippen LogP) is 7.21. The van der Waals surface area contributed by atoms with Gasteiger partial charge < -0.3 is 0 Å². The molecule has 24 heavy (non-hydrogen) atoms. The van der Waals surface area contributed by atoms with E-state index in [1.807, 2.05) is 0 Å². The molecule has 0 radical (unpaired) electrons. The van der Waals surface area contributed by atoms with Crippen LogP contribution in [-0.4, -0.2) is 0 Å². The maximum atomic E-state index is 2.45. The largest absolute Gasteiger partial charge is 0.0613 e. The van der Waals surface area contributed by atoms with Gasteiger partial charge in [-0.15, -0.1) is 0 Å². The molecule has 0 amide bonds. The topological polar surface area (TPSA) is 0 Å². The minimum atomic E-state index is 0.444. The lowest BCUT2D eigenvalue weighted by molar-refractivity contribution is 0.782. The van der Waals surface area contributed by atoms with Crippen molar-refractivity contribution in [2.75, 3.05) is 0 Å². The standard InChI is InChI=1S/C24H34/c1-8-19-10-11-21(14-20(19)9-2)18(7)22-12-13-23(16(3)4)24(15-22)17(5)6/h10-18H,8-9H2,1-7H3. The lowest BCUT2D eigenvalue weighted by atomic mass is 9.84. The Balaban J connectivity index is 2.43. The molecule has 1 atom stereocenters. The fourth-order valence-electron chi connectivity index (χ4n) is 3.67. The second-order valence-corrected chi connectivity index (χ2v) is 7.65. The van der Waals surface area contributed by atoms with Gasteiger partial charge in [-0.05, 0) is 58.1 Å². The van der Waals surface area contributed by atoms with Crippen LogP contribution in [0.5, 0.6) is 0 Å². The van der Waals surface area contributed by atoms with Gasteiger partial charge in [-0.3, -0.25) is 0 Å². The van der Waals surface area contributed by atoms with Crippen LogP contribution in [0.1, 0.15) is 99.6 Å². The van der Waals surface area contributed by atoms with E-state index in [-0.39, 0.29) is 0 Å². The molecule has 0 aliphatic carbocycles. The summed E-state index contributed by atoms with van der Waals surface area (Å²) < 4.78 is 0. The summed E-state index contributed by atoms with van der Waals surface area (Å²) in [5.74, 6) is 1.60. The van der Waals surface area contributed by atoms with Crippen LogP contribution in [-0.2, 0) is 12.8 Å². The van der Waals surface area contributed by atoms with Gasteiger partial charge in [0.05, 0.1) is 0 Å². The Morgan fingerprint density at radius 2 is 1.17 bits per heavy atom. The Labute approximate surface area is 149 Å². The number of hydrogen-bond acceptors (Lipinski definition) is 0. The zero-order valence-corrected chi connectivity index (χ0v) is 16.6. The molecule has 0 saturated carbocycles. The third kappa shape index (κ3) is 3.91. The molecular weight excluding hydrogens is 288 g/mol. The molecule has 0 spiro atoms. The van der Waals surface area contributed by atoms with E-state index in [9.17, 15) is 0 Å². The van der Waals surface area contributed by atoms with Crippen LogP contribution in [0.2, 0.25) is 0 Å². The zero-order valence-electron chi connectivity index (χ0n) is 16.6. The summed E-state index contributed by atoms with van der Waals surface area (Å²) in [6, 6.07) is 14.2. The van der Waals surface area contributed by atoms with Crippen LogP contribution in [0.15, 0.2) is 36.4 Å². The molecule has 0 heteroatoms. The summed E-state index contributed by atoms with van der Waals surface area (Å²) in [7, 11) is 0. The van der Waals surface area contributed by atoms with Crippen LogP contribution in [0.4, 0.5) is 0 Å². The number of benzene rings is 2. The summed E-state index contributed by atoms with van der Waals surface area (Å²) >= 11 is 0. The van der Waals surface area contributed by atoms with Gasteiger partial charge in [0, 0.05) is 5.92 Å². The molecule has 0 aliphatic rings. The molecule has 0 aliphatic heterocycles. The van der Waals surface area contributed by atoms with Crippen molar-refractivity contribution < 1.29 is 0 Å². The van der Waals surface area contributed by atoms with Gasteiger partial charge >= 0.3 is 0 Å². The van der Waals surface area contributed by atoms with Crippen molar-refractivity contribution in [1.82, 2.24) is 0 Å². The molecular formula is C24H34. The van der Waals surface area contributed by atoms with E-state index < -0.39 is 0 Å². The van der Waals surface area contributed by atoms with Gasteiger partial charge in [0.25, 0.3) is 0 Å². The number of rotatable bonds is 6. The molecule has 0 fully saturated rings. The Kier molecular flexibility index (Phi) is 6.27. The van der Waals surface area contributed by atoms with Crippen molar-refractivity contribution in [3.05, 3.63) is 69.8 Å². The van der Waals surface area contributed by atoms with Crippen LogP contribution in [0, 0.1) is 0 Å². The Morgan fingerprint density at radius 1 is 0.625 bits per heavy atom. The minimum absolute atomic E-state index is 0.444. The highest BCUT2D eigenvalue weighted by molar-refractivity contribution is 5.42. The maximum Gasteiger partial charge on any atom is 0.00612 e. The van der Waals surface area contributed by atoms with Gasteiger partial charge in [-0.25, -0.2) is 0 Å². The first-order valence-electron chi connectivity index (χ1n) is 9.64. The fourth-order valence-corrected chi connectivity index (χ4v) is 3.67. The van der Waals surface area contributed by atoms with E-state index in [0.717, 1.165) is 12.8 Å². The summed E-state index contributed by atoms with van der Waals surface area (Å²) in [6.07, 6.45) is 2.24. The van der Waals surface area contributed by atoms with Crippen molar-refractivity contribution >= 4 is 0 Å². The van der Waals surface area contributed by atoms with Gasteiger partial charge in [0.1, 0.15) is 0 Å². The van der Waals surface area contributed by atoms with Crippen molar-refractivity contribution in [2.24, 2.45) is 0 Å². The molecule has 130 valence electrons. The summed E-state index contributed by atoms with van der Waals surface area (Å²) in [4.78, 5) is 0. The average molecular weight is 323 g/mol. The molecule has 1 unspecified atom stereocenters. The summed E-state index contributed by atoms with van der Waals surface area (Å²) in [5.41, 5.74) is 8.88. The molecule has 2 rings (SSSR count). The van der Waals surface area contributed by atoms with Crippen LogP contribution in [0.25, 0.3) is 0 Å². The second kappa shape index (κ2) is 8.01. The SMILES string of the molecule is CCc1ccc(C(C)c2ccc(C(C)C)c(C(C)C)c2)cc1CC. The van der Waals surface area contributed by atoms with Crippen molar-refractivity contribution in [3.63, 3.8) is 0 Å². The Bertz CT molecular complexity index is 676. The van der Waals surface area contributed by atoms with Gasteiger partial charge in [-0.2, -0.15) is 0 Å². The van der Waals surface area contributed by atoms with Crippen LogP contribution < -0.4 is 0 Å². The summed E-state index contributed by atoms with van der Waals surface area (Å²) in [6.45, 7) is 16.0. The Hall–Kier alpha value is -1.56. The van der Waals surface area contributed by atoms with Crippen molar-refractivity contribution in [2.45, 2.75) is 79.1 Å². The molecule has 0 nitrogen and oxygen atoms in total. The highest BCUT2D eigenvalue weighted by Crippen LogP contribution is 2.32. The maximum absolute atomic E-state index is 2.45.